The third-order valence-electron chi connectivity index (χ3n) is 2.60. The Morgan fingerprint density at radius 1 is 1.44 bits per heavy atom. The lowest BCUT2D eigenvalue weighted by Gasteiger charge is -2.26. The molecular weight excluding hydrogens is 250 g/mol. The van der Waals surface area contributed by atoms with E-state index in [2.05, 4.69) is 10.0 Å². The van der Waals surface area contributed by atoms with Crippen molar-refractivity contribution in [2.24, 2.45) is 16.7 Å². The molecule has 1 aromatic carbocycles. The lowest BCUT2D eigenvalue weighted by molar-refractivity contribution is 0.187. The summed E-state index contributed by atoms with van der Waals surface area (Å²) in [6.07, 6.45) is 2.02. The Morgan fingerprint density at radius 3 is 2.72 bits per heavy atom. The van der Waals surface area contributed by atoms with Crippen LogP contribution in [-0.2, 0) is 0 Å². The van der Waals surface area contributed by atoms with Gasteiger partial charge in [-0.25, -0.2) is 11.0 Å². The van der Waals surface area contributed by atoms with Gasteiger partial charge in [0.15, 0.2) is 0 Å². The van der Waals surface area contributed by atoms with Gasteiger partial charge in [-0.2, -0.15) is 5.10 Å². The normalized spacial score (nSPS) is 13.2. The first-order valence-electron chi connectivity index (χ1n) is 5.73. The molecule has 0 amide bonds. The Hall–Kier alpha value is -1.30. The molecule has 5 nitrogen and oxygen atoms in total. The summed E-state index contributed by atoms with van der Waals surface area (Å²) in [5.41, 5.74) is 6.31. The van der Waals surface area contributed by atoms with Gasteiger partial charge in [0, 0.05) is 5.02 Å². The van der Waals surface area contributed by atoms with Crippen LogP contribution < -0.4 is 11.6 Å². The van der Waals surface area contributed by atoms with Crippen LogP contribution in [0.3, 0.4) is 0 Å². The van der Waals surface area contributed by atoms with Crippen LogP contribution in [0.2, 0.25) is 5.02 Å². The number of hydrogen-bond acceptors (Lipinski definition) is 4. The molecule has 0 aliphatic rings. The molecule has 0 aliphatic carbocycles. The van der Waals surface area contributed by atoms with Crippen LogP contribution in [0.15, 0.2) is 29.4 Å². The smallest absolute Gasteiger partial charge is 0.107 e. The summed E-state index contributed by atoms with van der Waals surface area (Å²) in [4.78, 5) is 2.09. The van der Waals surface area contributed by atoms with E-state index in [1.807, 2.05) is 38.4 Å². The van der Waals surface area contributed by atoms with Crippen molar-refractivity contribution >= 4 is 17.9 Å². The van der Waals surface area contributed by atoms with E-state index in [9.17, 15) is 0 Å². The minimum Gasteiger partial charge on any atom is -0.388 e. The molecule has 100 valence electrons. The van der Waals surface area contributed by atoms with E-state index < -0.39 is 0 Å². The summed E-state index contributed by atoms with van der Waals surface area (Å²) in [6.45, 7) is 0.894. The van der Waals surface area contributed by atoms with Crippen molar-refractivity contribution in [1.82, 2.24) is 10.0 Å². The average Bonchev–Trinajstić information content (AvgIpc) is 2.29. The molecule has 4 N–H and O–H groups in total. The summed E-state index contributed by atoms with van der Waals surface area (Å²) in [5.74, 6) is 5.89. The van der Waals surface area contributed by atoms with Crippen LogP contribution in [0.4, 0.5) is 0 Å². The molecule has 0 radical (unpaired) electrons. The Morgan fingerprint density at radius 2 is 2.17 bits per heavy atom. The molecule has 1 unspecified atom stereocenters. The van der Waals surface area contributed by atoms with Gasteiger partial charge in [-0.05, 0) is 44.8 Å². The van der Waals surface area contributed by atoms with Crippen LogP contribution >= 0.6 is 11.6 Å². The molecule has 0 aromatic heterocycles. The predicted octanol–water partition coefficient (Wildman–Crippen LogP) is 1.41. The minimum atomic E-state index is -0.0501. The molecule has 1 atom stereocenters. The summed E-state index contributed by atoms with van der Waals surface area (Å²) in [5, 5.41) is 5.97. The monoisotopic (exact) mass is 269 g/mol. The van der Waals surface area contributed by atoms with E-state index in [1.54, 1.807) is 0 Å². The Kier molecular flexibility index (Phi) is 5.91. The number of benzene rings is 1. The molecule has 0 bridgehead atoms. The van der Waals surface area contributed by atoms with E-state index >= 15 is 0 Å². The van der Waals surface area contributed by atoms with Gasteiger partial charge in [0.2, 0.25) is 0 Å². The number of hydrogen-bond donors (Lipinski definition) is 2. The summed E-state index contributed by atoms with van der Waals surface area (Å²) in [7, 11) is 4.03. The van der Waals surface area contributed by atoms with Gasteiger partial charge >= 0.3 is 0 Å². The van der Waals surface area contributed by atoms with Crippen molar-refractivity contribution in [3.63, 3.8) is 0 Å². The topological polar surface area (TPSA) is 70.9 Å². The quantitative estimate of drug-likeness (QED) is 0.355. The van der Waals surface area contributed by atoms with Gasteiger partial charge in [0.1, 0.15) is 6.34 Å². The maximum Gasteiger partial charge on any atom is 0.107 e. The maximum absolute atomic E-state index is 6.00. The molecule has 1 aromatic rings. The second-order valence-corrected chi connectivity index (χ2v) is 4.74. The number of hydrazone groups is 1. The molecule has 0 saturated carbocycles. The number of rotatable bonds is 6. The fraction of sp³-hybridized carbons (Fsp3) is 0.417. The molecular formula is C12H20ClN5. The second-order valence-electron chi connectivity index (χ2n) is 4.31. The Labute approximate surface area is 113 Å². The second kappa shape index (κ2) is 7.20. The van der Waals surface area contributed by atoms with Crippen molar-refractivity contribution < 1.29 is 0 Å². The van der Waals surface area contributed by atoms with E-state index in [0.29, 0.717) is 5.02 Å². The van der Waals surface area contributed by atoms with Gasteiger partial charge in [-0.3, -0.25) is 0 Å². The number of halogens is 1. The van der Waals surface area contributed by atoms with E-state index in [4.69, 9.17) is 23.2 Å². The number of hydrazine groups is 1. The van der Waals surface area contributed by atoms with Crippen LogP contribution in [0.1, 0.15) is 18.0 Å². The van der Waals surface area contributed by atoms with Crippen LogP contribution in [-0.4, -0.2) is 37.0 Å². The van der Waals surface area contributed by atoms with Crippen molar-refractivity contribution in [2.75, 3.05) is 20.6 Å². The summed E-state index contributed by atoms with van der Waals surface area (Å²) in [6, 6.07) is 7.57. The third kappa shape index (κ3) is 4.52. The van der Waals surface area contributed by atoms with Gasteiger partial charge in [0.25, 0.3) is 0 Å². The number of nitrogens with zero attached hydrogens (tertiary/aromatic N) is 3. The third-order valence-corrected chi connectivity index (χ3v) is 2.84. The number of nitrogens with two attached hydrogens (primary N) is 2. The first kappa shape index (κ1) is 14.8. The van der Waals surface area contributed by atoms with Crippen LogP contribution in [0.5, 0.6) is 0 Å². The molecule has 0 saturated heterocycles. The SMILES string of the molecule is CN(C)CCC(c1cccc(Cl)c1)N(N)/N=C\N. The van der Waals surface area contributed by atoms with E-state index in [-0.39, 0.29) is 6.04 Å². The first-order valence-corrected chi connectivity index (χ1v) is 6.10. The van der Waals surface area contributed by atoms with Gasteiger partial charge in [-0.1, -0.05) is 23.7 Å². The molecule has 6 heteroatoms. The predicted molar refractivity (Wildman–Crippen MR) is 76.1 cm³/mol. The van der Waals surface area contributed by atoms with Crippen molar-refractivity contribution in [3.05, 3.63) is 34.9 Å². The standard InChI is InChI=1S/C12H20ClN5/c1-17(2)7-6-12(18(15)16-9-14)10-4-3-5-11(13)8-10/h3-5,8-9,12H,6-7,15H2,1-2H3,(H2,14,16). The fourth-order valence-corrected chi connectivity index (χ4v) is 1.90. The molecule has 1 rings (SSSR count). The molecule has 0 fully saturated rings. The highest BCUT2D eigenvalue weighted by molar-refractivity contribution is 6.30. The lowest BCUT2D eigenvalue weighted by atomic mass is 10.0. The first-order chi connectivity index (χ1) is 8.54. The fourth-order valence-electron chi connectivity index (χ4n) is 1.70. The van der Waals surface area contributed by atoms with Crippen LogP contribution in [0, 0.1) is 0 Å². The molecule has 0 spiro atoms. The largest absolute Gasteiger partial charge is 0.388 e. The minimum absolute atomic E-state index is 0.0501. The van der Waals surface area contributed by atoms with Crippen molar-refractivity contribution in [2.45, 2.75) is 12.5 Å². The van der Waals surface area contributed by atoms with Gasteiger partial charge < -0.3 is 10.6 Å². The zero-order valence-electron chi connectivity index (χ0n) is 10.8. The van der Waals surface area contributed by atoms with Crippen LogP contribution in [0.25, 0.3) is 0 Å². The highest BCUT2D eigenvalue weighted by Gasteiger charge is 2.17. The van der Waals surface area contributed by atoms with E-state index in [1.165, 1.54) is 11.5 Å². The molecule has 0 aliphatic heterocycles. The average molecular weight is 270 g/mol. The van der Waals surface area contributed by atoms with Crippen molar-refractivity contribution in [1.29, 1.82) is 0 Å². The summed E-state index contributed by atoms with van der Waals surface area (Å²) < 4.78 is 0. The Balaban J connectivity index is 2.88. The highest BCUT2D eigenvalue weighted by atomic mass is 35.5. The molecule has 18 heavy (non-hydrogen) atoms. The summed E-state index contributed by atoms with van der Waals surface area (Å²) >= 11 is 6.00. The van der Waals surface area contributed by atoms with Crippen molar-refractivity contribution in [3.8, 4) is 0 Å². The lowest BCUT2D eigenvalue weighted by Crippen LogP contribution is -2.33. The maximum atomic E-state index is 6.00. The van der Waals surface area contributed by atoms with Gasteiger partial charge in [0.05, 0.1) is 6.04 Å². The zero-order chi connectivity index (χ0) is 13.5. The molecule has 0 heterocycles. The zero-order valence-corrected chi connectivity index (χ0v) is 11.5. The highest BCUT2D eigenvalue weighted by Crippen LogP contribution is 2.24. The van der Waals surface area contributed by atoms with E-state index in [0.717, 1.165) is 18.5 Å². The van der Waals surface area contributed by atoms with Gasteiger partial charge in [-0.15, -0.1) is 0 Å². The Bertz CT molecular complexity index is 394.